The summed E-state index contributed by atoms with van der Waals surface area (Å²) < 4.78 is 26.6. The van der Waals surface area contributed by atoms with Gasteiger partial charge in [0.2, 0.25) is 11.8 Å². The van der Waals surface area contributed by atoms with E-state index in [0.29, 0.717) is 24.6 Å². The Morgan fingerprint density at radius 1 is 1.26 bits per heavy atom. The van der Waals surface area contributed by atoms with Crippen LogP contribution in [-0.4, -0.2) is 23.8 Å². The molecule has 0 aromatic heterocycles. The molecule has 0 aromatic rings. The van der Waals surface area contributed by atoms with Gasteiger partial charge in [-0.2, -0.15) is 0 Å². The lowest BCUT2D eigenvalue weighted by Crippen LogP contribution is -2.44. The highest BCUT2D eigenvalue weighted by Gasteiger charge is 2.39. The van der Waals surface area contributed by atoms with Crippen molar-refractivity contribution >= 4 is 17.5 Å². The molecule has 2 fully saturated rings. The van der Waals surface area contributed by atoms with Crippen molar-refractivity contribution in [3.8, 4) is 0 Å². The Morgan fingerprint density at radius 3 is 2.74 bits per heavy atom. The van der Waals surface area contributed by atoms with Gasteiger partial charge in [0.15, 0.2) is 0 Å². The molecule has 0 aliphatic heterocycles. The largest absolute Gasteiger partial charge is 0.353 e. The van der Waals surface area contributed by atoms with Crippen LogP contribution in [0.4, 0.5) is 8.78 Å². The molecule has 0 heterocycles. The molecular formula is C14H22ClF2NO. The third kappa shape index (κ3) is 4.30. The average molecular weight is 294 g/mol. The van der Waals surface area contributed by atoms with Crippen molar-refractivity contribution in [1.82, 2.24) is 5.32 Å². The molecule has 19 heavy (non-hydrogen) atoms. The van der Waals surface area contributed by atoms with Gasteiger partial charge in [-0.3, -0.25) is 4.79 Å². The second kappa shape index (κ2) is 6.38. The van der Waals surface area contributed by atoms with Gasteiger partial charge in [0, 0.05) is 30.7 Å². The first-order valence-electron chi connectivity index (χ1n) is 7.24. The van der Waals surface area contributed by atoms with Gasteiger partial charge in [-0.25, -0.2) is 8.78 Å². The normalized spacial score (nSPS) is 34.8. The zero-order valence-corrected chi connectivity index (χ0v) is 11.9. The number of carbonyl (C=O) groups excluding carboxylic acids is 1. The first-order valence-corrected chi connectivity index (χ1v) is 7.78. The molecule has 0 aromatic carbocycles. The molecule has 2 aliphatic carbocycles. The highest BCUT2D eigenvalue weighted by atomic mass is 35.5. The summed E-state index contributed by atoms with van der Waals surface area (Å²) in [6, 6.07) is 0.126. The van der Waals surface area contributed by atoms with E-state index < -0.39 is 11.8 Å². The molecule has 3 atom stereocenters. The number of carbonyl (C=O) groups is 1. The SMILES string of the molecule is O=C(NC1CCCC(CCl)C1)C1CCCC(F)(F)C1. The Bertz CT molecular complexity index is 325. The van der Waals surface area contributed by atoms with E-state index in [0.717, 1.165) is 25.7 Å². The molecule has 5 heteroatoms. The molecule has 2 saturated carbocycles. The van der Waals surface area contributed by atoms with Crippen LogP contribution in [0, 0.1) is 11.8 Å². The van der Waals surface area contributed by atoms with Crippen LogP contribution in [0.25, 0.3) is 0 Å². The molecule has 1 N–H and O–H groups in total. The van der Waals surface area contributed by atoms with Crippen LogP contribution in [0.1, 0.15) is 51.4 Å². The minimum absolute atomic E-state index is 0.0749. The Balaban J connectivity index is 1.83. The third-order valence-electron chi connectivity index (χ3n) is 4.36. The van der Waals surface area contributed by atoms with Crippen LogP contribution in [0.2, 0.25) is 0 Å². The van der Waals surface area contributed by atoms with Crippen molar-refractivity contribution in [1.29, 1.82) is 0 Å². The van der Waals surface area contributed by atoms with E-state index in [-0.39, 0.29) is 24.8 Å². The molecule has 110 valence electrons. The molecule has 0 bridgehead atoms. The van der Waals surface area contributed by atoms with Crippen molar-refractivity contribution in [2.75, 3.05) is 5.88 Å². The van der Waals surface area contributed by atoms with E-state index in [1.54, 1.807) is 0 Å². The van der Waals surface area contributed by atoms with E-state index in [9.17, 15) is 13.6 Å². The zero-order chi connectivity index (χ0) is 13.9. The van der Waals surface area contributed by atoms with E-state index in [1.165, 1.54) is 0 Å². The lowest BCUT2D eigenvalue weighted by atomic mass is 9.84. The van der Waals surface area contributed by atoms with Crippen LogP contribution in [-0.2, 0) is 4.79 Å². The number of amides is 1. The summed E-state index contributed by atoms with van der Waals surface area (Å²) in [5.41, 5.74) is 0. The topological polar surface area (TPSA) is 29.1 Å². The van der Waals surface area contributed by atoms with Crippen LogP contribution < -0.4 is 5.32 Å². The Morgan fingerprint density at radius 2 is 2.05 bits per heavy atom. The maximum absolute atomic E-state index is 13.3. The van der Waals surface area contributed by atoms with Gasteiger partial charge in [0.1, 0.15) is 0 Å². The number of halogens is 3. The fraction of sp³-hybridized carbons (Fsp3) is 0.929. The first-order chi connectivity index (χ1) is 9.00. The van der Waals surface area contributed by atoms with Crippen LogP contribution >= 0.6 is 11.6 Å². The zero-order valence-electron chi connectivity index (χ0n) is 11.1. The number of alkyl halides is 3. The van der Waals surface area contributed by atoms with Crippen LogP contribution in [0.15, 0.2) is 0 Å². The van der Waals surface area contributed by atoms with Gasteiger partial charge in [0.05, 0.1) is 0 Å². The summed E-state index contributed by atoms with van der Waals surface area (Å²) in [5.74, 6) is -2.28. The Hall–Kier alpha value is -0.380. The van der Waals surface area contributed by atoms with E-state index in [1.807, 2.05) is 0 Å². The van der Waals surface area contributed by atoms with Gasteiger partial charge >= 0.3 is 0 Å². The molecule has 3 unspecified atom stereocenters. The number of hydrogen-bond acceptors (Lipinski definition) is 1. The molecule has 2 nitrogen and oxygen atoms in total. The predicted octanol–water partition coefficient (Wildman–Crippen LogP) is 3.73. The molecular weight excluding hydrogens is 272 g/mol. The van der Waals surface area contributed by atoms with Gasteiger partial charge in [-0.1, -0.05) is 6.42 Å². The summed E-state index contributed by atoms with van der Waals surface area (Å²) in [6.45, 7) is 0. The van der Waals surface area contributed by atoms with Crippen molar-refractivity contribution in [2.45, 2.75) is 63.3 Å². The fourth-order valence-electron chi connectivity index (χ4n) is 3.28. The molecule has 2 aliphatic rings. The number of nitrogens with one attached hydrogen (secondary N) is 1. The van der Waals surface area contributed by atoms with Crippen LogP contribution in [0.5, 0.6) is 0 Å². The first kappa shape index (κ1) is 15.0. The maximum atomic E-state index is 13.3. The van der Waals surface area contributed by atoms with Crippen molar-refractivity contribution in [3.63, 3.8) is 0 Å². The molecule has 2 rings (SSSR count). The summed E-state index contributed by atoms with van der Waals surface area (Å²) >= 11 is 5.86. The van der Waals surface area contributed by atoms with Gasteiger partial charge in [0.25, 0.3) is 0 Å². The minimum atomic E-state index is -2.66. The van der Waals surface area contributed by atoms with E-state index in [4.69, 9.17) is 11.6 Å². The second-order valence-electron chi connectivity index (χ2n) is 6.04. The van der Waals surface area contributed by atoms with Gasteiger partial charge in [-0.15, -0.1) is 11.6 Å². The summed E-state index contributed by atoms with van der Waals surface area (Å²) in [5, 5.41) is 2.96. The van der Waals surface area contributed by atoms with E-state index >= 15 is 0 Å². The van der Waals surface area contributed by atoms with Crippen LogP contribution in [0.3, 0.4) is 0 Å². The summed E-state index contributed by atoms with van der Waals surface area (Å²) in [4.78, 5) is 12.1. The Labute approximate surface area is 118 Å². The third-order valence-corrected chi connectivity index (χ3v) is 4.79. The van der Waals surface area contributed by atoms with Crippen molar-refractivity contribution < 1.29 is 13.6 Å². The molecule has 0 radical (unpaired) electrons. The highest BCUT2D eigenvalue weighted by molar-refractivity contribution is 6.18. The van der Waals surface area contributed by atoms with Gasteiger partial charge in [-0.05, 0) is 38.0 Å². The van der Waals surface area contributed by atoms with Crippen molar-refractivity contribution in [2.24, 2.45) is 11.8 Å². The monoisotopic (exact) mass is 293 g/mol. The number of rotatable bonds is 3. The highest BCUT2D eigenvalue weighted by Crippen LogP contribution is 2.37. The average Bonchev–Trinajstić information content (AvgIpc) is 2.37. The second-order valence-corrected chi connectivity index (χ2v) is 6.35. The number of hydrogen-bond donors (Lipinski definition) is 1. The predicted molar refractivity (Wildman–Crippen MR) is 71.5 cm³/mol. The Kier molecular flexibility index (Phi) is 5.04. The minimum Gasteiger partial charge on any atom is -0.353 e. The fourth-order valence-corrected chi connectivity index (χ4v) is 3.56. The van der Waals surface area contributed by atoms with Crippen molar-refractivity contribution in [3.05, 3.63) is 0 Å². The van der Waals surface area contributed by atoms with E-state index in [2.05, 4.69) is 5.32 Å². The summed E-state index contributed by atoms with van der Waals surface area (Å²) in [6.07, 6.45) is 4.67. The maximum Gasteiger partial charge on any atom is 0.248 e. The standard InChI is InChI=1S/C14H22ClF2NO/c15-9-10-3-1-5-12(7-10)18-13(19)11-4-2-6-14(16,17)8-11/h10-12H,1-9H2,(H,18,19). The summed E-state index contributed by atoms with van der Waals surface area (Å²) in [7, 11) is 0. The lowest BCUT2D eigenvalue weighted by molar-refractivity contribution is -0.133. The molecule has 0 saturated heterocycles. The molecule has 0 spiro atoms. The smallest absolute Gasteiger partial charge is 0.248 e. The quantitative estimate of drug-likeness (QED) is 0.789. The van der Waals surface area contributed by atoms with Gasteiger partial charge < -0.3 is 5.32 Å². The molecule has 1 amide bonds. The lowest BCUT2D eigenvalue weighted by Gasteiger charge is -2.32.